The van der Waals surface area contributed by atoms with E-state index in [2.05, 4.69) is 0 Å². The topological polar surface area (TPSA) is 54.4 Å². The minimum Gasteiger partial charge on any atom is -0.389 e. The van der Waals surface area contributed by atoms with Crippen LogP contribution in [0.3, 0.4) is 0 Å². The van der Waals surface area contributed by atoms with Gasteiger partial charge in [-0.2, -0.15) is 0 Å². The Morgan fingerprint density at radius 2 is 2.00 bits per heavy atom. The minimum atomic E-state index is -3.62. The second-order valence-corrected chi connectivity index (χ2v) is 7.53. The molecule has 0 radical (unpaired) electrons. The monoisotopic (exact) mass is 246 g/mol. The molecule has 0 aromatic heterocycles. The van der Waals surface area contributed by atoms with Gasteiger partial charge in [-0.3, -0.25) is 0 Å². The third-order valence-corrected chi connectivity index (χ3v) is 5.90. The maximum atomic E-state index is 11.4. The van der Waals surface area contributed by atoms with Gasteiger partial charge in [0.1, 0.15) is 6.10 Å². The average molecular weight is 247 g/mol. The standard InChI is InChI=1S/C7H12Cl2O3S/c1-2-13(11,12)7(8,9)6(10)5-3-4-5/h5-6,10H,2-4H2,1H3/t6-/m0/s1. The van der Waals surface area contributed by atoms with Crippen molar-refractivity contribution in [3.63, 3.8) is 0 Å². The van der Waals surface area contributed by atoms with Crippen molar-refractivity contribution in [2.45, 2.75) is 29.5 Å². The van der Waals surface area contributed by atoms with Crippen LogP contribution in [0.25, 0.3) is 0 Å². The maximum Gasteiger partial charge on any atom is 0.243 e. The molecule has 0 aliphatic heterocycles. The third kappa shape index (κ3) is 2.12. The van der Waals surface area contributed by atoms with Crippen molar-refractivity contribution in [3.8, 4) is 0 Å². The van der Waals surface area contributed by atoms with Gasteiger partial charge in [-0.15, -0.1) is 0 Å². The van der Waals surface area contributed by atoms with Gasteiger partial charge in [-0.1, -0.05) is 30.1 Å². The Kier molecular flexibility index (Phi) is 3.18. The van der Waals surface area contributed by atoms with E-state index in [1.807, 2.05) is 0 Å². The SMILES string of the molecule is CCS(=O)(=O)C(Cl)(Cl)[C@@H](O)C1CC1. The first kappa shape index (κ1) is 11.6. The molecule has 78 valence electrons. The molecule has 1 fully saturated rings. The van der Waals surface area contributed by atoms with E-state index in [4.69, 9.17) is 23.2 Å². The molecule has 1 rings (SSSR count). The summed E-state index contributed by atoms with van der Waals surface area (Å²) < 4.78 is 20.7. The van der Waals surface area contributed by atoms with Gasteiger partial charge in [-0.25, -0.2) is 8.42 Å². The number of hydrogen-bond acceptors (Lipinski definition) is 3. The lowest BCUT2D eigenvalue weighted by Gasteiger charge is -2.24. The Hall–Kier alpha value is 0.490. The summed E-state index contributed by atoms with van der Waals surface area (Å²) in [6.07, 6.45) is 0.421. The molecule has 0 bridgehead atoms. The van der Waals surface area contributed by atoms with E-state index < -0.39 is 19.6 Å². The molecule has 1 N–H and O–H groups in total. The van der Waals surface area contributed by atoms with Gasteiger partial charge in [0.2, 0.25) is 3.67 Å². The summed E-state index contributed by atoms with van der Waals surface area (Å²) in [5.41, 5.74) is 0. The quantitative estimate of drug-likeness (QED) is 0.762. The van der Waals surface area contributed by atoms with Gasteiger partial charge in [0.05, 0.1) is 5.75 Å². The van der Waals surface area contributed by atoms with Crippen molar-refractivity contribution >= 4 is 33.0 Å². The summed E-state index contributed by atoms with van der Waals surface area (Å²) in [5.74, 6) is -0.222. The predicted molar refractivity (Wildman–Crippen MR) is 52.6 cm³/mol. The molecule has 0 unspecified atom stereocenters. The lowest BCUT2D eigenvalue weighted by Crippen LogP contribution is -2.41. The summed E-state index contributed by atoms with van der Waals surface area (Å²) in [4.78, 5) is 0. The van der Waals surface area contributed by atoms with Gasteiger partial charge in [-0.05, 0) is 18.8 Å². The van der Waals surface area contributed by atoms with Gasteiger partial charge in [0.15, 0.2) is 9.84 Å². The fraction of sp³-hybridized carbons (Fsp3) is 1.00. The molecule has 3 nitrogen and oxygen atoms in total. The van der Waals surface area contributed by atoms with Crippen LogP contribution in [0.2, 0.25) is 0 Å². The van der Waals surface area contributed by atoms with E-state index in [1.54, 1.807) is 0 Å². The Labute approximate surface area is 87.9 Å². The summed E-state index contributed by atoms with van der Waals surface area (Å²) in [5, 5.41) is 9.54. The van der Waals surface area contributed by atoms with Crippen molar-refractivity contribution in [2.24, 2.45) is 5.92 Å². The number of halogens is 2. The Balaban J connectivity index is 2.85. The molecular weight excluding hydrogens is 235 g/mol. The summed E-state index contributed by atoms with van der Waals surface area (Å²) >= 11 is 11.3. The highest BCUT2D eigenvalue weighted by atomic mass is 35.5. The van der Waals surface area contributed by atoms with Crippen molar-refractivity contribution < 1.29 is 13.5 Å². The third-order valence-electron chi connectivity index (χ3n) is 2.21. The van der Waals surface area contributed by atoms with E-state index in [0.717, 1.165) is 12.8 Å². The summed E-state index contributed by atoms with van der Waals surface area (Å²) in [7, 11) is -3.62. The fourth-order valence-corrected chi connectivity index (χ4v) is 3.02. The van der Waals surface area contributed by atoms with Crippen LogP contribution in [-0.4, -0.2) is 29.0 Å². The van der Waals surface area contributed by atoms with Gasteiger partial charge in [0, 0.05) is 0 Å². The highest BCUT2D eigenvalue weighted by Gasteiger charge is 2.51. The van der Waals surface area contributed by atoms with Crippen LogP contribution in [0, 0.1) is 5.92 Å². The Bertz CT molecular complexity index is 282. The van der Waals surface area contributed by atoms with Crippen molar-refractivity contribution in [1.29, 1.82) is 0 Å². The predicted octanol–water partition coefficient (Wildman–Crippen LogP) is 1.32. The molecule has 1 saturated carbocycles. The molecular formula is C7H12Cl2O3S. The number of hydrogen-bond donors (Lipinski definition) is 1. The van der Waals surface area contributed by atoms with E-state index in [-0.39, 0.29) is 11.7 Å². The molecule has 0 amide bonds. The maximum absolute atomic E-state index is 11.4. The lowest BCUT2D eigenvalue weighted by atomic mass is 10.3. The average Bonchev–Trinajstić information content (AvgIpc) is 2.85. The molecule has 0 heterocycles. The largest absolute Gasteiger partial charge is 0.389 e. The van der Waals surface area contributed by atoms with Gasteiger partial charge >= 0.3 is 0 Å². The normalized spacial score (nSPS) is 21.5. The number of aliphatic hydroxyl groups excluding tert-OH is 1. The number of rotatable bonds is 4. The van der Waals surface area contributed by atoms with Crippen LogP contribution in [0.15, 0.2) is 0 Å². The minimum absolute atomic E-state index is 0.0590. The first-order chi connectivity index (χ1) is 5.83. The molecule has 1 aliphatic rings. The first-order valence-electron chi connectivity index (χ1n) is 4.11. The zero-order valence-corrected chi connectivity index (χ0v) is 9.53. The molecule has 0 aromatic rings. The van der Waals surface area contributed by atoms with Crippen LogP contribution in [0.1, 0.15) is 19.8 Å². The molecule has 13 heavy (non-hydrogen) atoms. The zero-order chi connectivity index (χ0) is 10.3. The van der Waals surface area contributed by atoms with E-state index in [1.165, 1.54) is 6.92 Å². The molecule has 0 aromatic carbocycles. The Morgan fingerprint density at radius 1 is 1.54 bits per heavy atom. The molecule has 6 heteroatoms. The van der Waals surface area contributed by atoms with Crippen LogP contribution >= 0.6 is 23.2 Å². The number of alkyl halides is 2. The van der Waals surface area contributed by atoms with Crippen LogP contribution in [0.5, 0.6) is 0 Å². The molecule has 0 saturated heterocycles. The van der Waals surface area contributed by atoms with Crippen LogP contribution in [-0.2, 0) is 9.84 Å². The fourth-order valence-electron chi connectivity index (χ4n) is 1.06. The lowest BCUT2D eigenvalue weighted by molar-refractivity contribution is 0.154. The van der Waals surface area contributed by atoms with E-state index >= 15 is 0 Å². The smallest absolute Gasteiger partial charge is 0.243 e. The molecule has 1 atom stereocenters. The van der Waals surface area contributed by atoms with Gasteiger partial charge in [0.25, 0.3) is 0 Å². The highest BCUT2D eigenvalue weighted by molar-refractivity contribution is 7.95. The zero-order valence-electron chi connectivity index (χ0n) is 7.20. The van der Waals surface area contributed by atoms with Crippen molar-refractivity contribution in [1.82, 2.24) is 0 Å². The van der Waals surface area contributed by atoms with Crippen LogP contribution in [0.4, 0.5) is 0 Å². The Morgan fingerprint density at radius 3 is 2.31 bits per heavy atom. The van der Waals surface area contributed by atoms with Gasteiger partial charge < -0.3 is 5.11 Å². The van der Waals surface area contributed by atoms with E-state index in [9.17, 15) is 13.5 Å². The van der Waals surface area contributed by atoms with Crippen LogP contribution < -0.4 is 0 Å². The molecule has 1 aliphatic carbocycles. The second-order valence-electron chi connectivity index (χ2n) is 3.25. The second kappa shape index (κ2) is 3.57. The summed E-state index contributed by atoms with van der Waals surface area (Å²) in [6.45, 7) is 1.45. The van der Waals surface area contributed by atoms with Crippen molar-refractivity contribution in [2.75, 3.05) is 5.75 Å². The number of aliphatic hydroxyl groups is 1. The van der Waals surface area contributed by atoms with Crippen molar-refractivity contribution in [3.05, 3.63) is 0 Å². The van der Waals surface area contributed by atoms with E-state index in [0.29, 0.717) is 0 Å². The first-order valence-corrected chi connectivity index (χ1v) is 6.52. The highest BCUT2D eigenvalue weighted by Crippen LogP contribution is 2.44. The molecule has 0 spiro atoms. The summed E-state index contributed by atoms with van der Waals surface area (Å²) in [6, 6.07) is 0. The number of sulfone groups is 1.